The predicted molar refractivity (Wildman–Crippen MR) is 90.4 cm³/mol. The lowest BCUT2D eigenvalue weighted by atomic mass is 9.87. The van der Waals surface area contributed by atoms with Crippen molar-refractivity contribution in [2.24, 2.45) is 5.92 Å². The molecule has 0 radical (unpaired) electrons. The third-order valence-corrected chi connectivity index (χ3v) is 4.46. The molecule has 1 N–H and O–H groups in total. The van der Waals surface area contributed by atoms with Gasteiger partial charge in [-0.1, -0.05) is 6.92 Å². The Kier molecular flexibility index (Phi) is 6.02. The highest BCUT2D eigenvalue weighted by Crippen LogP contribution is 2.26. The van der Waals surface area contributed by atoms with Gasteiger partial charge in [-0.3, -0.25) is 9.59 Å². The van der Waals surface area contributed by atoms with Gasteiger partial charge in [0.25, 0.3) is 5.91 Å². The van der Waals surface area contributed by atoms with Gasteiger partial charge < -0.3 is 15.0 Å². The number of hydrogen-bond donors (Lipinski definition) is 1. The van der Waals surface area contributed by atoms with Crippen LogP contribution in [0.5, 0.6) is 5.75 Å². The quantitative estimate of drug-likeness (QED) is 0.907. The van der Waals surface area contributed by atoms with Gasteiger partial charge in [-0.05, 0) is 55.9 Å². The Balaban J connectivity index is 1.80. The Hall–Kier alpha value is -2.04. The summed E-state index contributed by atoms with van der Waals surface area (Å²) >= 11 is 0. The van der Waals surface area contributed by atoms with Gasteiger partial charge in [0.05, 0.1) is 0 Å². The zero-order valence-corrected chi connectivity index (χ0v) is 14.2. The van der Waals surface area contributed by atoms with E-state index >= 15 is 0 Å². The second-order valence-corrected chi connectivity index (χ2v) is 6.41. The van der Waals surface area contributed by atoms with Crippen LogP contribution in [0.1, 0.15) is 39.5 Å². The minimum Gasteiger partial charge on any atom is -0.484 e. The molecule has 2 rings (SSSR count). The highest BCUT2D eigenvalue weighted by atomic mass is 16.5. The van der Waals surface area contributed by atoms with Crippen molar-refractivity contribution in [1.82, 2.24) is 4.90 Å². The van der Waals surface area contributed by atoms with Crippen LogP contribution in [-0.4, -0.2) is 36.4 Å². The summed E-state index contributed by atoms with van der Waals surface area (Å²) in [6, 6.07) is 7.35. The molecule has 0 bridgehead atoms. The van der Waals surface area contributed by atoms with Crippen LogP contribution in [0.3, 0.4) is 0 Å². The minimum absolute atomic E-state index is 0.00971. The van der Waals surface area contributed by atoms with Crippen molar-refractivity contribution >= 4 is 17.5 Å². The fraction of sp³-hybridized carbons (Fsp3) is 0.556. The van der Waals surface area contributed by atoms with Gasteiger partial charge in [-0.2, -0.15) is 0 Å². The molecule has 5 heteroatoms. The van der Waals surface area contributed by atoms with E-state index in [4.69, 9.17) is 4.74 Å². The molecule has 1 saturated carbocycles. The first kappa shape index (κ1) is 17.3. The summed E-state index contributed by atoms with van der Waals surface area (Å²) in [5.74, 6) is 1.29. The highest BCUT2D eigenvalue weighted by Gasteiger charge is 2.24. The molecule has 1 aromatic carbocycles. The van der Waals surface area contributed by atoms with Gasteiger partial charge in [-0.25, -0.2) is 0 Å². The second kappa shape index (κ2) is 7.99. The molecule has 0 unspecified atom stereocenters. The average Bonchev–Trinajstić information content (AvgIpc) is 2.53. The van der Waals surface area contributed by atoms with Crippen LogP contribution in [0.4, 0.5) is 5.69 Å². The molecular formula is C18H26N2O3. The molecule has 0 heterocycles. The first-order valence-corrected chi connectivity index (χ1v) is 8.22. The lowest BCUT2D eigenvalue weighted by Gasteiger charge is -2.33. The van der Waals surface area contributed by atoms with E-state index in [-0.39, 0.29) is 18.4 Å². The van der Waals surface area contributed by atoms with Gasteiger partial charge in [0.2, 0.25) is 5.91 Å². The Morgan fingerprint density at radius 3 is 2.35 bits per heavy atom. The van der Waals surface area contributed by atoms with Crippen LogP contribution in [0.25, 0.3) is 0 Å². The average molecular weight is 318 g/mol. The van der Waals surface area contributed by atoms with Gasteiger partial charge in [0.1, 0.15) is 5.75 Å². The molecule has 2 amide bonds. The van der Waals surface area contributed by atoms with Crippen LogP contribution < -0.4 is 10.1 Å². The molecule has 0 spiro atoms. The largest absolute Gasteiger partial charge is 0.484 e. The number of amides is 2. The van der Waals surface area contributed by atoms with Crippen LogP contribution in [0.2, 0.25) is 0 Å². The SMILES string of the molecule is CC(=O)Nc1ccc(OCC(=O)N(C)C2CCC(C)CC2)cc1. The van der Waals surface area contributed by atoms with E-state index in [0.29, 0.717) is 17.5 Å². The first-order valence-electron chi connectivity index (χ1n) is 8.22. The fourth-order valence-electron chi connectivity index (χ4n) is 2.92. The van der Waals surface area contributed by atoms with Gasteiger partial charge in [0, 0.05) is 25.7 Å². The molecule has 5 nitrogen and oxygen atoms in total. The van der Waals surface area contributed by atoms with E-state index in [1.807, 2.05) is 11.9 Å². The molecule has 1 fully saturated rings. The van der Waals surface area contributed by atoms with Crippen molar-refractivity contribution in [3.05, 3.63) is 24.3 Å². The number of hydrogen-bond acceptors (Lipinski definition) is 3. The number of likely N-dealkylation sites (N-methyl/N-ethyl adjacent to an activating group) is 1. The number of benzene rings is 1. The van der Waals surface area contributed by atoms with E-state index in [2.05, 4.69) is 12.2 Å². The summed E-state index contributed by atoms with van der Waals surface area (Å²) in [5.41, 5.74) is 0.713. The second-order valence-electron chi connectivity index (χ2n) is 6.41. The summed E-state index contributed by atoms with van der Waals surface area (Å²) in [5, 5.41) is 2.69. The molecule has 0 saturated heterocycles. The van der Waals surface area contributed by atoms with Crippen molar-refractivity contribution in [3.8, 4) is 5.75 Å². The zero-order valence-electron chi connectivity index (χ0n) is 14.2. The third kappa shape index (κ3) is 5.27. The molecule has 1 aliphatic rings. The van der Waals surface area contributed by atoms with Crippen molar-refractivity contribution in [1.29, 1.82) is 0 Å². The van der Waals surface area contributed by atoms with Crippen LogP contribution in [0, 0.1) is 5.92 Å². The van der Waals surface area contributed by atoms with Crippen molar-refractivity contribution in [2.75, 3.05) is 19.0 Å². The highest BCUT2D eigenvalue weighted by molar-refractivity contribution is 5.88. The molecule has 0 aromatic heterocycles. The van der Waals surface area contributed by atoms with Gasteiger partial charge >= 0.3 is 0 Å². The maximum Gasteiger partial charge on any atom is 0.260 e. The summed E-state index contributed by atoms with van der Waals surface area (Å²) < 4.78 is 5.56. The third-order valence-electron chi connectivity index (χ3n) is 4.46. The maximum absolute atomic E-state index is 12.3. The molecule has 23 heavy (non-hydrogen) atoms. The van der Waals surface area contributed by atoms with Crippen LogP contribution in [-0.2, 0) is 9.59 Å². The van der Waals surface area contributed by atoms with E-state index in [1.165, 1.54) is 19.8 Å². The van der Waals surface area contributed by atoms with Gasteiger partial charge in [0.15, 0.2) is 6.61 Å². The standard InChI is InChI=1S/C18H26N2O3/c1-13-4-8-16(9-5-13)20(3)18(22)12-23-17-10-6-15(7-11-17)19-14(2)21/h6-7,10-11,13,16H,4-5,8-9,12H2,1-3H3,(H,19,21). The lowest BCUT2D eigenvalue weighted by Crippen LogP contribution is -2.41. The predicted octanol–water partition coefficient (Wildman–Crippen LogP) is 3.06. The Labute approximate surface area is 138 Å². The number of nitrogens with zero attached hydrogens (tertiary/aromatic N) is 1. The Morgan fingerprint density at radius 2 is 1.78 bits per heavy atom. The normalized spacial score (nSPS) is 20.7. The molecule has 0 atom stereocenters. The van der Waals surface area contributed by atoms with E-state index in [1.54, 1.807) is 24.3 Å². The monoisotopic (exact) mass is 318 g/mol. The minimum atomic E-state index is -0.114. The molecule has 1 aromatic rings. The van der Waals surface area contributed by atoms with E-state index in [0.717, 1.165) is 18.8 Å². The van der Waals surface area contributed by atoms with Crippen LogP contribution in [0.15, 0.2) is 24.3 Å². The smallest absolute Gasteiger partial charge is 0.260 e. The lowest BCUT2D eigenvalue weighted by molar-refractivity contribution is -0.134. The summed E-state index contributed by atoms with van der Waals surface area (Å²) in [7, 11) is 1.87. The van der Waals surface area contributed by atoms with E-state index < -0.39 is 0 Å². The summed E-state index contributed by atoms with van der Waals surface area (Å²) in [4.78, 5) is 25.1. The molecule has 1 aliphatic carbocycles. The summed E-state index contributed by atoms with van der Waals surface area (Å²) in [6.45, 7) is 3.78. The van der Waals surface area contributed by atoms with Crippen molar-refractivity contribution in [2.45, 2.75) is 45.6 Å². The molecule has 126 valence electrons. The number of carbonyl (C=O) groups is 2. The number of rotatable bonds is 5. The number of anilines is 1. The number of carbonyl (C=O) groups excluding carboxylic acids is 2. The van der Waals surface area contributed by atoms with E-state index in [9.17, 15) is 9.59 Å². The summed E-state index contributed by atoms with van der Waals surface area (Å²) in [6.07, 6.45) is 4.53. The molecular weight excluding hydrogens is 292 g/mol. The Bertz CT molecular complexity index is 534. The number of nitrogens with one attached hydrogen (secondary N) is 1. The number of ether oxygens (including phenoxy) is 1. The Morgan fingerprint density at radius 1 is 1.17 bits per heavy atom. The maximum atomic E-state index is 12.3. The van der Waals surface area contributed by atoms with Crippen molar-refractivity contribution in [3.63, 3.8) is 0 Å². The molecule has 0 aliphatic heterocycles. The zero-order chi connectivity index (χ0) is 16.8. The topological polar surface area (TPSA) is 58.6 Å². The van der Waals surface area contributed by atoms with Crippen LogP contribution >= 0.6 is 0 Å². The van der Waals surface area contributed by atoms with Gasteiger partial charge in [-0.15, -0.1) is 0 Å². The first-order chi connectivity index (χ1) is 11.0. The van der Waals surface area contributed by atoms with Crippen molar-refractivity contribution < 1.29 is 14.3 Å². The fourth-order valence-corrected chi connectivity index (χ4v) is 2.92.